The Bertz CT molecular complexity index is 3460. The van der Waals surface area contributed by atoms with E-state index in [0.717, 1.165) is 0 Å². The molecule has 9 atom stereocenters. The maximum Gasteiger partial charge on any atom is 0.490 e. The Hall–Kier alpha value is -10.6. The number of rotatable bonds is 31. The third-order valence-corrected chi connectivity index (χ3v) is 15.1. The topological polar surface area (TPSA) is 531 Å². The number of likely N-dealkylation sites (tertiary alicyclic amines) is 1. The molecule has 0 bridgehead atoms. The number of amides is 12. The number of imidazole rings is 1. The molecule has 12 amide bonds. The first-order chi connectivity index (χ1) is 46.1. The molecular weight excluding hydrogens is 1300 g/mol. The summed E-state index contributed by atoms with van der Waals surface area (Å²) in [6, 6.07) is -0.755. The van der Waals surface area contributed by atoms with Crippen molar-refractivity contribution in [2.45, 2.75) is 165 Å². The number of nitrogens with two attached hydrogens (primary N) is 2. The van der Waals surface area contributed by atoms with Crippen molar-refractivity contribution >= 4 is 87.9 Å². The van der Waals surface area contributed by atoms with E-state index in [4.69, 9.17) is 31.5 Å². The first kappa shape index (κ1) is 78.1. The summed E-state index contributed by atoms with van der Waals surface area (Å²) < 4.78 is 37.8. The number of alkyl halides is 3. The molecule has 4 aromatic rings. The van der Waals surface area contributed by atoms with E-state index in [1.807, 2.05) is 5.43 Å². The van der Waals surface area contributed by atoms with Gasteiger partial charge in [-0.15, -0.1) is 0 Å². The van der Waals surface area contributed by atoms with Gasteiger partial charge in [-0.1, -0.05) is 44.2 Å². The minimum atomic E-state index is -5.08. The zero-order valence-electron chi connectivity index (χ0n) is 54.4. The molecule has 2 aliphatic heterocycles. The van der Waals surface area contributed by atoms with Gasteiger partial charge in [-0.2, -0.15) is 13.2 Å². The van der Waals surface area contributed by atoms with Crippen LogP contribution in [0.15, 0.2) is 67.3 Å². The number of para-hydroxylation sites is 1. The van der Waals surface area contributed by atoms with E-state index in [0.29, 0.717) is 34.1 Å². The molecule has 2 fully saturated rings. The van der Waals surface area contributed by atoms with Crippen LogP contribution in [0, 0.1) is 11.3 Å². The molecule has 0 saturated carbocycles. The number of aromatic amines is 2. The molecule has 2 aromatic heterocycles. The summed E-state index contributed by atoms with van der Waals surface area (Å²) in [6.07, 6.45) is -0.129. The predicted octanol–water partition coefficient (Wildman–Crippen LogP) is -2.26. The Morgan fingerprint density at radius 1 is 0.735 bits per heavy atom. The Labute approximate surface area is 559 Å². The van der Waals surface area contributed by atoms with Crippen LogP contribution >= 0.6 is 0 Å². The number of carboxylic acids is 1. The van der Waals surface area contributed by atoms with Crippen molar-refractivity contribution in [1.29, 1.82) is 5.41 Å². The van der Waals surface area contributed by atoms with Gasteiger partial charge in [0.2, 0.25) is 53.2 Å². The standard InChI is InChI=1S/C59H84N18O14.C2HF3O2/c1-31(2)22-40(49(82)68-39(12-8-20-64-57(60)61)56(89)77-21-9-13-46(77)55(88)75-76-58(62)90)69-54(87)45(29-91-59(3,4)5)74-50(83)41(23-32-14-16-35(79)17-15-32)70-53(86)44(28-78)73-51(84)42(24-33-26-65-37-11-7-6-10-36(33)37)71-52(85)43(25-34-27-63-30-66-34)72-48(81)38-18-19-47(80)67-38;3-2(4,5)1(6)7/h6-7,10-11,14-17,26-27,30-31,38-46,65,78-79H,8-9,12-13,18-25,28-29H2,1-5H3,(H,63,66)(H,67,80)(H,68,82)(H,69,87)(H,70,86)(H,71,85)(H,72,81)(H,73,84)(H,74,83)(H,75,88)(H4,60,61,64)(H3,62,76,90);(H,6,7)/t38-,39-,40-,41-,42-,43-,44-,45+,46-;/m0./s1. The lowest BCUT2D eigenvalue weighted by atomic mass is 10.0. The molecule has 0 spiro atoms. The van der Waals surface area contributed by atoms with Gasteiger partial charge in [0.05, 0.1) is 30.8 Å². The number of primary amides is 1. The van der Waals surface area contributed by atoms with E-state index in [2.05, 4.69) is 68.2 Å². The van der Waals surface area contributed by atoms with Crippen LogP contribution < -0.4 is 70.2 Å². The normalized spacial score (nSPS) is 16.6. The number of guanidine groups is 1. The molecule has 0 unspecified atom stereocenters. The first-order valence-electron chi connectivity index (χ1n) is 31.1. The second kappa shape index (κ2) is 36.5. The average Bonchev–Trinajstić information content (AvgIpc) is 1.56. The van der Waals surface area contributed by atoms with Gasteiger partial charge in [0.15, 0.2) is 5.96 Å². The van der Waals surface area contributed by atoms with Crippen molar-refractivity contribution < 1.29 is 90.8 Å². The fourth-order valence-electron chi connectivity index (χ4n) is 10.3. The summed E-state index contributed by atoms with van der Waals surface area (Å²) in [6.45, 7) is 7.33. The third-order valence-electron chi connectivity index (χ3n) is 15.1. The number of phenols is 1. The Balaban J connectivity index is 0.00000234. The average molecular weight is 1380 g/mol. The van der Waals surface area contributed by atoms with Crippen molar-refractivity contribution in [2.75, 3.05) is 26.3 Å². The van der Waals surface area contributed by atoms with Crippen molar-refractivity contribution in [3.8, 4) is 5.75 Å². The lowest BCUT2D eigenvalue weighted by molar-refractivity contribution is -0.192. The number of hydrogen-bond acceptors (Lipinski definition) is 17. The van der Waals surface area contributed by atoms with E-state index >= 15 is 0 Å². The largest absolute Gasteiger partial charge is 0.508 e. The number of fused-ring (bicyclic) bond motifs is 1. The Morgan fingerprint density at radius 2 is 1.31 bits per heavy atom. The van der Waals surface area contributed by atoms with Gasteiger partial charge in [-0.3, -0.25) is 58.8 Å². The van der Waals surface area contributed by atoms with Crippen LogP contribution in [0.2, 0.25) is 0 Å². The number of carbonyl (C=O) groups excluding carboxylic acids is 11. The number of phenolic OH excluding ortho intramolecular Hbond substituents is 1. The molecule has 21 N–H and O–H groups in total. The number of H-pyrrole nitrogens is 2. The maximum atomic E-state index is 14.8. The fraction of sp³-hybridized carbons (Fsp3) is 0.508. The number of aromatic hydroxyl groups is 1. The summed E-state index contributed by atoms with van der Waals surface area (Å²) >= 11 is 0. The van der Waals surface area contributed by atoms with E-state index < -0.39 is 145 Å². The van der Waals surface area contributed by atoms with Crippen LogP contribution in [-0.4, -0.2) is 205 Å². The van der Waals surface area contributed by atoms with Gasteiger partial charge >= 0.3 is 18.2 Å². The fourth-order valence-corrected chi connectivity index (χ4v) is 10.3. The number of aliphatic hydroxyl groups excluding tert-OH is 1. The second-order valence-corrected chi connectivity index (χ2v) is 24.5. The van der Waals surface area contributed by atoms with E-state index in [1.165, 1.54) is 41.7 Å². The predicted molar refractivity (Wildman–Crippen MR) is 341 cm³/mol. The zero-order valence-corrected chi connectivity index (χ0v) is 54.4. The summed E-state index contributed by atoms with van der Waals surface area (Å²) in [7, 11) is 0. The smallest absolute Gasteiger partial charge is 0.490 e. The van der Waals surface area contributed by atoms with Gasteiger partial charge in [-0.25, -0.2) is 20.0 Å². The number of benzene rings is 2. The molecule has 2 aliphatic rings. The molecular formula is C61H85F3N18O16. The van der Waals surface area contributed by atoms with E-state index in [9.17, 15) is 76.1 Å². The minimum Gasteiger partial charge on any atom is -0.508 e. The molecule has 0 radical (unpaired) electrons. The van der Waals surface area contributed by atoms with E-state index in [1.54, 1.807) is 65.1 Å². The van der Waals surface area contributed by atoms with Gasteiger partial charge in [0.1, 0.15) is 60.1 Å². The lowest BCUT2D eigenvalue weighted by Crippen LogP contribution is -2.62. The van der Waals surface area contributed by atoms with Gasteiger partial charge in [0, 0.05) is 62.1 Å². The third kappa shape index (κ3) is 25.2. The summed E-state index contributed by atoms with van der Waals surface area (Å²) in [5.41, 5.74) is 15.9. The molecule has 0 aliphatic carbocycles. The summed E-state index contributed by atoms with van der Waals surface area (Å²) in [4.78, 5) is 172. The van der Waals surface area contributed by atoms with Gasteiger partial charge < -0.3 is 94.2 Å². The molecule has 2 aromatic carbocycles. The molecule has 4 heterocycles. The van der Waals surface area contributed by atoms with Crippen molar-refractivity contribution in [2.24, 2.45) is 17.4 Å². The van der Waals surface area contributed by atoms with Crippen LogP contribution in [-0.2, 0) is 76.7 Å². The van der Waals surface area contributed by atoms with Gasteiger partial charge in [0.25, 0.3) is 5.91 Å². The highest BCUT2D eigenvalue weighted by atomic mass is 19.4. The van der Waals surface area contributed by atoms with Crippen LogP contribution in [0.4, 0.5) is 18.0 Å². The Morgan fingerprint density at radius 3 is 1.88 bits per heavy atom. The second-order valence-electron chi connectivity index (χ2n) is 24.5. The monoisotopic (exact) mass is 1380 g/mol. The Kier molecular flexibility index (Phi) is 29.1. The lowest BCUT2D eigenvalue weighted by Gasteiger charge is -2.31. The highest BCUT2D eigenvalue weighted by Crippen LogP contribution is 2.23. The van der Waals surface area contributed by atoms with Crippen molar-refractivity contribution in [3.63, 3.8) is 0 Å². The van der Waals surface area contributed by atoms with Gasteiger partial charge in [-0.05, 0) is 94.5 Å². The minimum absolute atomic E-state index is 0.00232. The number of aromatic nitrogens is 3. The molecule has 37 heteroatoms. The number of hydrogen-bond donors (Lipinski definition) is 19. The molecule has 98 heavy (non-hydrogen) atoms. The number of urea groups is 1. The number of ether oxygens (including phenoxy) is 1. The summed E-state index contributed by atoms with van der Waals surface area (Å²) in [5.74, 6) is -11.5. The molecule has 6 rings (SSSR count). The number of nitrogens with one attached hydrogen (secondary N) is 14. The zero-order chi connectivity index (χ0) is 72.6. The number of nitrogens with zero attached hydrogens (tertiary/aromatic N) is 2. The number of aliphatic hydroxyl groups is 1. The van der Waals surface area contributed by atoms with Crippen LogP contribution in [0.25, 0.3) is 10.9 Å². The first-order valence-corrected chi connectivity index (χ1v) is 31.1. The number of hydrazine groups is 1. The highest BCUT2D eigenvalue weighted by molar-refractivity contribution is 5.99. The molecule has 2 saturated heterocycles. The van der Waals surface area contributed by atoms with Crippen LogP contribution in [0.1, 0.15) is 96.4 Å². The number of halogens is 3. The van der Waals surface area contributed by atoms with E-state index in [-0.39, 0.29) is 94.4 Å². The SMILES string of the molecule is CC(C)C[C@H](NC(=O)[C@@H](COC(C)(C)C)NC(=O)[C@H](Cc1ccc(O)cc1)NC(=O)[C@H](CO)NC(=O)[C@H](Cc1c[nH]c2ccccc12)NC(=O)[C@H](Cc1c[nH]cn1)NC(=O)[C@@H]1CCC(=O)N1)C(=O)N[C@@H](CCCNC(=N)N)C(=O)N1CCC[C@H]1C(=O)NNC(N)=O.O=C(O)C(F)(F)F. The van der Waals surface area contributed by atoms with Crippen LogP contribution in [0.5, 0.6) is 5.75 Å². The molecule has 536 valence electrons. The summed E-state index contributed by atoms with van der Waals surface area (Å²) in [5, 5.41) is 60.1. The number of aliphatic carboxylic acids is 1. The van der Waals surface area contributed by atoms with Crippen LogP contribution in [0.3, 0.4) is 0 Å². The number of carbonyl (C=O) groups is 12. The molecule has 34 nitrogen and oxygen atoms in total. The quantitative estimate of drug-likeness (QED) is 0.0109. The van der Waals surface area contributed by atoms with Crippen molar-refractivity contribution in [3.05, 3.63) is 84.1 Å². The maximum absolute atomic E-state index is 14.8. The number of carboxylic acid groups (broad SMARTS) is 1. The van der Waals surface area contributed by atoms with Crippen molar-refractivity contribution in [1.82, 2.24) is 78.6 Å². The highest BCUT2D eigenvalue weighted by Gasteiger charge is 2.41.